The molecule has 0 N–H and O–H groups in total. The molecule has 28 heavy (non-hydrogen) atoms. The quantitative estimate of drug-likeness (QED) is 0.492. The molecule has 152 valence electrons. The molecule has 1 amide bonds. The van der Waals surface area contributed by atoms with Crippen molar-refractivity contribution in [1.82, 2.24) is 14.9 Å². The Morgan fingerprint density at radius 1 is 1.18 bits per heavy atom. The van der Waals surface area contributed by atoms with Crippen LogP contribution >= 0.6 is 39.1 Å². The minimum atomic E-state index is -0.529. The van der Waals surface area contributed by atoms with Gasteiger partial charge in [0.15, 0.2) is 0 Å². The average Bonchev–Trinajstić information content (AvgIpc) is 2.56. The number of benzene rings is 1. The molecule has 1 aliphatic heterocycles. The van der Waals surface area contributed by atoms with Crippen LogP contribution in [0.3, 0.4) is 0 Å². The van der Waals surface area contributed by atoms with Crippen molar-refractivity contribution in [2.45, 2.75) is 52.3 Å². The lowest BCUT2D eigenvalue weighted by molar-refractivity contribution is 0.0130. The molecule has 0 radical (unpaired) electrons. The fourth-order valence-electron chi connectivity index (χ4n) is 3.30. The molecule has 0 bridgehead atoms. The fourth-order valence-corrected chi connectivity index (χ4v) is 3.97. The first kappa shape index (κ1) is 21.4. The molecular weight excluding hydrogens is 467 g/mol. The second-order valence-corrected chi connectivity index (χ2v) is 9.68. The minimum absolute atomic E-state index is 0.0207. The van der Waals surface area contributed by atoms with Gasteiger partial charge in [0.1, 0.15) is 11.4 Å². The maximum Gasteiger partial charge on any atom is 0.410 e. The number of nitrogens with zero attached hydrogens (tertiary/aromatic N) is 4. The van der Waals surface area contributed by atoms with E-state index in [9.17, 15) is 4.79 Å². The van der Waals surface area contributed by atoms with Gasteiger partial charge in [-0.05, 0) is 74.3 Å². The monoisotopic (exact) mass is 488 g/mol. The number of carbonyl (C=O) groups is 1. The second-order valence-electron chi connectivity index (χ2n) is 8.08. The van der Waals surface area contributed by atoms with Crippen LogP contribution in [0.2, 0.25) is 10.3 Å². The number of ether oxygens (including phenoxy) is 1. The normalized spacial score (nSPS) is 20.6. The highest BCUT2D eigenvalue weighted by molar-refractivity contribution is 9.10. The number of carbonyl (C=O) groups excluding carboxylic acids is 1. The van der Waals surface area contributed by atoms with Crippen LogP contribution in [-0.4, -0.2) is 51.7 Å². The van der Waals surface area contributed by atoms with Crippen LogP contribution in [0, 0.1) is 0 Å². The molecule has 1 aliphatic rings. The largest absolute Gasteiger partial charge is 0.444 e. The predicted molar refractivity (Wildman–Crippen MR) is 116 cm³/mol. The van der Waals surface area contributed by atoms with Gasteiger partial charge in [-0.1, -0.05) is 11.6 Å². The first-order chi connectivity index (χ1) is 13.0. The van der Waals surface area contributed by atoms with Gasteiger partial charge in [0.05, 0.1) is 10.5 Å². The first-order valence-corrected chi connectivity index (χ1v) is 10.6. The van der Waals surface area contributed by atoms with Crippen LogP contribution in [0.4, 0.5) is 10.6 Å². The molecule has 0 saturated carbocycles. The lowest BCUT2D eigenvalue weighted by Crippen LogP contribution is -2.59. The van der Waals surface area contributed by atoms with E-state index in [2.05, 4.69) is 37.7 Å². The van der Waals surface area contributed by atoms with Crippen LogP contribution in [0.15, 0.2) is 16.6 Å². The van der Waals surface area contributed by atoms with E-state index >= 15 is 0 Å². The van der Waals surface area contributed by atoms with Crippen LogP contribution < -0.4 is 4.90 Å². The lowest BCUT2D eigenvalue weighted by Gasteiger charge is -2.44. The summed E-state index contributed by atoms with van der Waals surface area (Å²) in [5.41, 5.74) is 0.150. The van der Waals surface area contributed by atoms with E-state index in [1.807, 2.05) is 33.8 Å². The molecule has 0 spiro atoms. The summed E-state index contributed by atoms with van der Waals surface area (Å²) in [6, 6.07) is 3.64. The Labute approximate surface area is 183 Å². The van der Waals surface area contributed by atoms with Gasteiger partial charge >= 0.3 is 6.09 Å². The van der Waals surface area contributed by atoms with Crippen molar-refractivity contribution < 1.29 is 9.53 Å². The van der Waals surface area contributed by atoms with Crippen LogP contribution in [0.1, 0.15) is 34.6 Å². The Balaban J connectivity index is 1.94. The van der Waals surface area contributed by atoms with Crippen molar-refractivity contribution in [1.29, 1.82) is 0 Å². The summed E-state index contributed by atoms with van der Waals surface area (Å²) in [6.07, 6.45) is -0.299. The zero-order chi connectivity index (χ0) is 20.8. The highest BCUT2D eigenvalue weighted by Gasteiger charge is 2.35. The van der Waals surface area contributed by atoms with Crippen LogP contribution in [0.25, 0.3) is 10.9 Å². The molecule has 6 nitrogen and oxygen atoms in total. The topological polar surface area (TPSA) is 58.6 Å². The second kappa shape index (κ2) is 7.84. The molecule has 2 aromatic rings. The number of fused-ring (bicyclic) bond motifs is 1. The molecule has 1 fully saturated rings. The molecule has 2 atom stereocenters. The number of hydrogen-bond donors (Lipinski definition) is 0. The third-order valence-electron chi connectivity index (χ3n) is 4.58. The standard InChI is InChI=1S/C19H23BrCl2N4O2/c1-10-9-26(18(27)28-19(3,4)5)11(2)8-25(10)16-12-6-13(20)14(21)7-15(12)23-17(22)24-16/h6-7,10-11H,8-9H2,1-5H3/t10-,11+/m0/s1. The van der Waals surface area contributed by atoms with Gasteiger partial charge in [-0.2, -0.15) is 4.98 Å². The van der Waals surface area contributed by atoms with Crippen molar-refractivity contribution in [3.05, 3.63) is 26.9 Å². The summed E-state index contributed by atoms with van der Waals surface area (Å²) < 4.78 is 6.32. The zero-order valence-electron chi connectivity index (χ0n) is 16.5. The van der Waals surface area contributed by atoms with Gasteiger partial charge in [-0.15, -0.1) is 0 Å². The lowest BCUT2D eigenvalue weighted by atomic mass is 10.1. The molecule has 1 saturated heterocycles. The van der Waals surface area contributed by atoms with Gasteiger partial charge in [-0.25, -0.2) is 9.78 Å². The van der Waals surface area contributed by atoms with E-state index in [1.54, 1.807) is 11.0 Å². The van der Waals surface area contributed by atoms with Gasteiger partial charge in [-0.3, -0.25) is 0 Å². The summed E-state index contributed by atoms with van der Waals surface area (Å²) in [5.74, 6) is 0.732. The SMILES string of the molecule is C[C@@H]1CN(c2nc(Cl)nc3cc(Cl)c(Br)cc23)[C@@H](C)CN1C(=O)OC(C)(C)C. The number of aromatic nitrogens is 2. The number of hydrogen-bond acceptors (Lipinski definition) is 5. The smallest absolute Gasteiger partial charge is 0.410 e. The van der Waals surface area contributed by atoms with Crippen LogP contribution in [0.5, 0.6) is 0 Å². The summed E-state index contributed by atoms with van der Waals surface area (Å²) in [4.78, 5) is 25.3. The van der Waals surface area contributed by atoms with Crippen LogP contribution in [-0.2, 0) is 4.74 Å². The number of anilines is 1. The van der Waals surface area contributed by atoms with Gasteiger partial charge in [0.25, 0.3) is 0 Å². The third kappa shape index (κ3) is 4.47. The van der Waals surface area contributed by atoms with Gasteiger partial charge in [0, 0.05) is 35.0 Å². The third-order valence-corrected chi connectivity index (χ3v) is 5.94. The van der Waals surface area contributed by atoms with Crippen molar-refractivity contribution in [2.24, 2.45) is 0 Å². The van der Waals surface area contributed by atoms with E-state index in [1.165, 1.54) is 0 Å². The van der Waals surface area contributed by atoms with Crippen molar-refractivity contribution in [3.8, 4) is 0 Å². The van der Waals surface area contributed by atoms with E-state index in [0.29, 0.717) is 23.6 Å². The molecule has 1 aromatic carbocycles. The maximum absolute atomic E-state index is 12.6. The molecule has 9 heteroatoms. The van der Waals surface area contributed by atoms with E-state index in [-0.39, 0.29) is 23.5 Å². The number of rotatable bonds is 1. The molecule has 3 rings (SSSR count). The highest BCUT2D eigenvalue weighted by Crippen LogP contribution is 2.34. The van der Waals surface area contributed by atoms with Gasteiger partial charge in [0.2, 0.25) is 5.28 Å². The Morgan fingerprint density at radius 2 is 1.86 bits per heavy atom. The van der Waals surface area contributed by atoms with Crippen molar-refractivity contribution in [2.75, 3.05) is 18.0 Å². The van der Waals surface area contributed by atoms with Crippen molar-refractivity contribution >= 4 is 61.9 Å². The summed E-state index contributed by atoms with van der Waals surface area (Å²) in [7, 11) is 0. The highest BCUT2D eigenvalue weighted by atomic mass is 79.9. The molecule has 0 unspecified atom stereocenters. The Kier molecular flexibility index (Phi) is 5.99. The molecular formula is C19H23BrCl2N4O2. The number of halogens is 3. The summed E-state index contributed by atoms with van der Waals surface area (Å²) >= 11 is 15.9. The van der Waals surface area contributed by atoms with Crippen molar-refractivity contribution in [3.63, 3.8) is 0 Å². The average molecular weight is 490 g/mol. The fraction of sp³-hybridized carbons (Fsp3) is 0.526. The first-order valence-electron chi connectivity index (χ1n) is 9.05. The molecule has 0 aliphatic carbocycles. The number of piperazine rings is 1. The number of amides is 1. The summed E-state index contributed by atoms with van der Waals surface area (Å²) in [6.45, 7) is 10.8. The van der Waals surface area contributed by atoms with E-state index in [0.717, 1.165) is 15.7 Å². The van der Waals surface area contributed by atoms with Gasteiger partial charge < -0.3 is 14.5 Å². The zero-order valence-corrected chi connectivity index (χ0v) is 19.6. The molecule has 1 aromatic heterocycles. The Morgan fingerprint density at radius 3 is 2.50 bits per heavy atom. The maximum atomic E-state index is 12.6. The minimum Gasteiger partial charge on any atom is -0.444 e. The Bertz CT molecular complexity index is 919. The van der Waals surface area contributed by atoms with E-state index < -0.39 is 5.60 Å². The Hall–Kier alpha value is -1.31. The molecule has 2 heterocycles. The predicted octanol–water partition coefficient (Wildman–Crippen LogP) is 5.53. The summed E-state index contributed by atoms with van der Waals surface area (Å²) in [5, 5.41) is 1.57. The van der Waals surface area contributed by atoms with E-state index in [4.69, 9.17) is 27.9 Å².